The first kappa shape index (κ1) is 23.1. The van der Waals surface area contributed by atoms with Crippen LogP contribution >= 0.6 is 11.6 Å². The summed E-state index contributed by atoms with van der Waals surface area (Å²) in [6.07, 6.45) is 6.84. The Balaban J connectivity index is 1.41. The molecule has 0 radical (unpaired) electrons. The Labute approximate surface area is 204 Å². The summed E-state index contributed by atoms with van der Waals surface area (Å²) < 4.78 is 14.9. The molecule has 1 aromatic carbocycles. The lowest BCUT2D eigenvalue weighted by atomic mass is 10.0. The minimum Gasteiger partial charge on any atom is -0.382 e. The largest absolute Gasteiger partial charge is 0.382 e. The van der Waals surface area contributed by atoms with E-state index in [-0.39, 0.29) is 22.9 Å². The highest BCUT2D eigenvalue weighted by Crippen LogP contribution is 2.31. The minimum atomic E-state index is -0.337. The number of benzene rings is 1. The van der Waals surface area contributed by atoms with Crippen LogP contribution in [0, 0.1) is 6.92 Å². The summed E-state index contributed by atoms with van der Waals surface area (Å²) in [5.74, 6) is 0. The normalized spacial score (nSPS) is 19.1. The van der Waals surface area contributed by atoms with Crippen LogP contribution in [0.5, 0.6) is 0 Å². The Morgan fingerprint density at radius 2 is 2.15 bits per heavy atom. The van der Waals surface area contributed by atoms with Gasteiger partial charge in [0.15, 0.2) is 6.23 Å². The van der Waals surface area contributed by atoms with Crippen molar-refractivity contribution in [2.75, 3.05) is 31.8 Å². The smallest absolute Gasteiger partial charge is 0.290 e. The molecule has 2 aromatic heterocycles. The second-order valence-corrected chi connectivity index (χ2v) is 9.34. The van der Waals surface area contributed by atoms with Crippen molar-refractivity contribution in [3.8, 4) is 0 Å². The van der Waals surface area contributed by atoms with Gasteiger partial charge in [0.1, 0.15) is 5.02 Å². The SMILES string of the molecule is COCC(c1ccccc1C)n1cnc2c1CCN(c1cnn(C3CCCCO3)c(=O)c1Cl)C2. The number of fused-ring (bicyclic) bond motifs is 1. The van der Waals surface area contributed by atoms with Crippen LogP contribution in [0.1, 0.15) is 54.0 Å². The first-order chi connectivity index (χ1) is 16.6. The topological polar surface area (TPSA) is 74.4 Å². The number of aromatic nitrogens is 4. The molecule has 0 saturated carbocycles. The number of imidazole rings is 1. The highest BCUT2D eigenvalue weighted by Gasteiger charge is 2.28. The highest BCUT2D eigenvalue weighted by molar-refractivity contribution is 6.33. The van der Waals surface area contributed by atoms with Crippen LogP contribution in [0.25, 0.3) is 0 Å². The zero-order valence-corrected chi connectivity index (χ0v) is 20.4. The van der Waals surface area contributed by atoms with Crippen LogP contribution in [0.15, 0.2) is 41.6 Å². The standard InChI is InChI=1S/C25H30ClN5O3/c1-17-7-3-4-8-18(17)22(15-33-2)30-16-27-19-14-29(11-10-20(19)30)21-13-28-31(25(32)24(21)26)23-9-5-6-12-34-23/h3-4,7-8,13,16,22-23H,5-6,9-12,14-15H2,1-2H3. The van der Waals surface area contributed by atoms with E-state index in [0.29, 0.717) is 25.4 Å². The van der Waals surface area contributed by atoms with Gasteiger partial charge in [-0.1, -0.05) is 35.9 Å². The monoisotopic (exact) mass is 483 g/mol. The van der Waals surface area contributed by atoms with Crippen LogP contribution in [-0.2, 0) is 22.4 Å². The van der Waals surface area contributed by atoms with E-state index in [2.05, 4.69) is 45.8 Å². The average Bonchev–Trinajstić information content (AvgIpc) is 3.28. The molecule has 0 amide bonds. The lowest BCUT2D eigenvalue weighted by Crippen LogP contribution is -2.36. The second kappa shape index (κ2) is 9.90. The van der Waals surface area contributed by atoms with Gasteiger partial charge in [-0.05, 0) is 37.3 Å². The second-order valence-electron chi connectivity index (χ2n) is 8.96. The van der Waals surface area contributed by atoms with E-state index in [1.165, 1.54) is 21.5 Å². The van der Waals surface area contributed by atoms with Crippen molar-refractivity contribution in [1.29, 1.82) is 0 Å². The van der Waals surface area contributed by atoms with Crippen molar-refractivity contribution in [2.24, 2.45) is 0 Å². The Bertz CT molecular complexity index is 1220. The fourth-order valence-corrected chi connectivity index (χ4v) is 5.28. The van der Waals surface area contributed by atoms with E-state index in [1.807, 2.05) is 6.33 Å². The van der Waals surface area contributed by atoms with Gasteiger partial charge in [-0.25, -0.2) is 4.98 Å². The maximum Gasteiger partial charge on any atom is 0.290 e. The van der Waals surface area contributed by atoms with E-state index in [0.717, 1.165) is 37.9 Å². The number of halogens is 1. The fraction of sp³-hybridized carbons (Fsp3) is 0.480. The molecule has 4 heterocycles. The van der Waals surface area contributed by atoms with Gasteiger partial charge in [-0.3, -0.25) is 4.79 Å². The number of hydrogen-bond donors (Lipinski definition) is 0. The van der Waals surface area contributed by atoms with Crippen LogP contribution < -0.4 is 10.5 Å². The Morgan fingerprint density at radius 3 is 2.91 bits per heavy atom. The molecule has 3 aromatic rings. The predicted octanol–water partition coefficient (Wildman–Crippen LogP) is 3.90. The van der Waals surface area contributed by atoms with E-state index < -0.39 is 0 Å². The van der Waals surface area contributed by atoms with E-state index in [4.69, 9.17) is 26.1 Å². The molecule has 0 bridgehead atoms. The summed E-state index contributed by atoms with van der Waals surface area (Å²) in [5, 5.41) is 4.60. The van der Waals surface area contributed by atoms with Gasteiger partial charge < -0.3 is 18.9 Å². The molecule has 8 nitrogen and oxygen atoms in total. The molecule has 2 atom stereocenters. The highest BCUT2D eigenvalue weighted by atomic mass is 35.5. The van der Waals surface area contributed by atoms with Crippen molar-refractivity contribution >= 4 is 17.3 Å². The van der Waals surface area contributed by atoms with Gasteiger partial charge >= 0.3 is 0 Å². The molecule has 0 aliphatic carbocycles. The van der Waals surface area contributed by atoms with Gasteiger partial charge in [0.25, 0.3) is 5.56 Å². The first-order valence-electron chi connectivity index (χ1n) is 11.8. The molecular formula is C25H30ClN5O3. The fourth-order valence-electron chi connectivity index (χ4n) is 5.02. The number of nitrogens with zero attached hydrogens (tertiary/aromatic N) is 5. The van der Waals surface area contributed by atoms with Crippen molar-refractivity contribution < 1.29 is 9.47 Å². The van der Waals surface area contributed by atoms with Gasteiger partial charge in [0.05, 0.1) is 43.1 Å². The first-order valence-corrected chi connectivity index (χ1v) is 12.2. The summed E-state index contributed by atoms with van der Waals surface area (Å²) in [5.41, 5.74) is 4.97. The third-order valence-corrected chi connectivity index (χ3v) is 7.20. The van der Waals surface area contributed by atoms with Crippen molar-refractivity contribution in [3.63, 3.8) is 0 Å². The molecule has 9 heteroatoms. The van der Waals surface area contributed by atoms with Crippen molar-refractivity contribution in [2.45, 2.75) is 51.4 Å². The molecule has 2 aliphatic heterocycles. The Kier molecular flexibility index (Phi) is 6.72. The minimum absolute atomic E-state index is 0.0543. The van der Waals surface area contributed by atoms with E-state index in [9.17, 15) is 4.79 Å². The molecule has 180 valence electrons. The summed E-state index contributed by atoms with van der Waals surface area (Å²) in [6, 6.07) is 8.44. The van der Waals surface area contributed by atoms with Crippen molar-refractivity contribution in [1.82, 2.24) is 19.3 Å². The molecule has 0 N–H and O–H groups in total. The molecule has 2 unspecified atom stereocenters. The maximum absolute atomic E-state index is 13.0. The number of ether oxygens (including phenoxy) is 2. The van der Waals surface area contributed by atoms with Crippen LogP contribution in [0.4, 0.5) is 5.69 Å². The summed E-state index contributed by atoms with van der Waals surface area (Å²) >= 11 is 6.56. The summed E-state index contributed by atoms with van der Waals surface area (Å²) in [7, 11) is 1.73. The zero-order chi connectivity index (χ0) is 23.7. The summed E-state index contributed by atoms with van der Waals surface area (Å²) in [6.45, 7) is 4.62. The zero-order valence-electron chi connectivity index (χ0n) is 19.6. The molecule has 2 aliphatic rings. The summed E-state index contributed by atoms with van der Waals surface area (Å²) in [4.78, 5) is 19.8. The molecule has 1 saturated heterocycles. The number of aryl methyl sites for hydroxylation is 1. The lowest BCUT2D eigenvalue weighted by Gasteiger charge is -2.31. The molecular weight excluding hydrogens is 454 g/mol. The van der Waals surface area contributed by atoms with E-state index >= 15 is 0 Å². The quantitative estimate of drug-likeness (QED) is 0.529. The number of anilines is 1. The predicted molar refractivity (Wildman–Crippen MR) is 131 cm³/mol. The molecule has 34 heavy (non-hydrogen) atoms. The number of rotatable bonds is 6. The third-order valence-electron chi connectivity index (χ3n) is 6.84. The Hall–Kier alpha value is -2.68. The van der Waals surface area contributed by atoms with Gasteiger partial charge in [0, 0.05) is 32.4 Å². The molecule has 1 fully saturated rings. The van der Waals surface area contributed by atoms with E-state index in [1.54, 1.807) is 13.3 Å². The van der Waals surface area contributed by atoms with Crippen LogP contribution in [-0.4, -0.2) is 46.2 Å². The number of hydrogen-bond acceptors (Lipinski definition) is 6. The van der Waals surface area contributed by atoms with Crippen molar-refractivity contribution in [3.05, 3.63) is 74.7 Å². The number of methoxy groups -OCH3 is 1. The molecule has 5 rings (SSSR count). The Morgan fingerprint density at radius 1 is 1.29 bits per heavy atom. The van der Waals surface area contributed by atoms with Crippen LogP contribution in [0.2, 0.25) is 5.02 Å². The van der Waals surface area contributed by atoms with Gasteiger partial charge in [0.2, 0.25) is 0 Å². The lowest BCUT2D eigenvalue weighted by molar-refractivity contribution is -0.0424. The van der Waals surface area contributed by atoms with Crippen LogP contribution in [0.3, 0.4) is 0 Å². The average molecular weight is 484 g/mol. The van der Waals surface area contributed by atoms with Gasteiger partial charge in [-0.2, -0.15) is 9.78 Å². The maximum atomic E-state index is 13.0. The third kappa shape index (κ3) is 4.26. The molecule has 0 spiro atoms. The van der Waals surface area contributed by atoms with Gasteiger partial charge in [-0.15, -0.1) is 0 Å².